The maximum Gasteiger partial charge on any atom is 0.263 e. The molecule has 0 radical (unpaired) electrons. The first kappa shape index (κ1) is 23.9. The summed E-state index contributed by atoms with van der Waals surface area (Å²) in [4.78, 5) is 33.4. The zero-order valence-corrected chi connectivity index (χ0v) is 18.6. The average molecular weight is 454 g/mol. The molecule has 33 heavy (non-hydrogen) atoms. The molecule has 0 fully saturated rings. The van der Waals surface area contributed by atoms with Gasteiger partial charge in [0.1, 0.15) is 11.4 Å². The van der Waals surface area contributed by atoms with Gasteiger partial charge in [0.25, 0.3) is 11.5 Å². The highest BCUT2D eigenvalue weighted by Crippen LogP contribution is 2.08. The molecule has 3 rings (SSSR count). The maximum absolute atomic E-state index is 13.4. The number of hydrogen-bond donors (Lipinski definition) is 2. The molecule has 2 aromatic heterocycles. The number of halogens is 1. The topological polar surface area (TPSA) is 98.1 Å². The van der Waals surface area contributed by atoms with Crippen molar-refractivity contribution in [2.75, 3.05) is 25.5 Å². The molecule has 0 spiro atoms. The zero-order chi connectivity index (χ0) is 23.5. The van der Waals surface area contributed by atoms with Crippen LogP contribution in [-0.4, -0.2) is 40.6 Å². The summed E-state index contributed by atoms with van der Waals surface area (Å²) < 4.78 is 19.9. The summed E-state index contributed by atoms with van der Waals surface area (Å²) >= 11 is 0. The molecule has 174 valence electrons. The second kappa shape index (κ2) is 12.3. The first-order valence-corrected chi connectivity index (χ1v) is 10.9. The predicted molar refractivity (Wildman–Crippen MR) is 124 cm³/mol. The number of carbonyl (C=O) groups is 1. The van der Waals surface area contributed by atoms with Gasteiger partial charge in [0.15, 0.2) is 0 Å². The van der Waals surface area contributed by atoms with Crippen LogP contribution in [0.4, 0.5) is 10.3 Å². The van der Waals surface area contributed by atoms with Crippen LogP contribution in [0.15, 0.2) is 59.7 Å². The van der Waals surface area contributed by atoms with Crippen LogP contribution in [-0.2, 0) is 6.54 Å². The molecule has 0 aliphatic heterocycles. The van der Waals surface area contributed by atoms with Crippen LogP contribution < -0.4 is 20.9 Å². The summed E-state index contributed by atoms with van der Waals surface area (Å²) in [5, 5.41) is 5.96. The third-order valence-corrected chi connectivity index (χ3v) is 5.02. The SMILES string of the molecule is COc1ccnc(NCCCCCCNC(=O)c2cccn(Cc3cccc(F)c3)c2=O)n1. The lowest BCUT2D eigenvalue weighted by Crippen LogP contribution is -2.33. The van der Waals surface area contributed by atoms with E-state index in [0.29, 0.717) is 23.9 Å². The monoisotopic (exact) mass is 453 g/mol. The van der Waals surface area contributed by atoms with E-state index in [4.69, 9.17) is 4.74 Å². The number of ether oxygens (including phenoxy) is 1. The number of nitrogens with zero attached hydrogens (tertiary/aromatic N) is 3. The van der Waals surface area contributed by atoms with E-state index >= 15 is 0 Å². The van der Waals surface area contributed by atoms with Gasteiger partial charge in [-0.1, -0.05) is 25.0 Å². The molecule has 8 nitrogen and oxygen atoms in total. The van der Waals surface area contributed by atoms with E-state index < -0.39 is 11.5 Å². The lowest BCUT2D eigenvalue weighted by atomic mass is 10.2. The Bertz CT molecular complexity index is 1120. The fourth-order valence-corrected chi connectivity index (χ4v) is 3.31. The third-order valence-electron chi connectivity index (χ3n) is 5.02. The van der Waals surface area contributed by atoms with Crippen molar-refractivity contribution in [1.82, 2.24) is 19.9 Å². The summed E-state index contributed by atoms with van der Waals surface area (Å²) in [6.07, 6.45) is 6.91. The van der Waals surface area contributed by atoms with Gasteiger partial charge in [0, 0.05) is 31.5 Å². The molecule has 9 heteroatoms. The fraction of sp³-hybridized carbons (Fsp3) is 0.333. The quantitative estimate of drug-likeness (QED) is 0.409. The van der Waals surface area contributed by atoms with E-state index in [1.807, 2.05) is 0 Å². The molecule has 1 aromatic carbocycles. The molecule has 0 aliphatic rings. The molecule has 1 amide bonds. The van der Waals surface area contributed by atoms with Gasteiger partial charge in [-0.3, -0.25) is 9.59 Å². The molecule has 2 heterocycles. The third kappa shape index (κ3) is 7.41. The number of aromatic nitrogens is 3. The molecule has 3 aromatic rings. The average Bonchev–Trinajstić information content (AvgIpc) is 2.82. The summed E-state index contributed by atoms with van der Waals surface area (Å²) in [5.41, 5.74) is 0.337. The van der Waals surface area contributed by atoms with Gasteiger partial charge < -0.3 is 19.9 Å². The molecular formula is C24H28FN5O3. The van der Waals surface area contributed by atoms with Gasteiger partial charge >= 0.3 is 0 Å². The van der Waals surface area contributed by atoms with Crippen molar-refractivity contribution in [1.29, 1.82) is 0 Å². The lowest BCUT2D eigenvalue weighted by Gasteiger charge is -2.09. The maximum atomic E-state index is 13.4. The first-order valence-electron chi connectivity index (χ1n) is 10.9. The molecule has 0 saturated heterocycles. The van der Waals surface area contributed by atoms with Crippen LogP contribution in [0.5, 0.6) is 5.88 Å². The highest BCUT2D eigenvalue weighted by atomic mass is 19.1. The molecule has 0 bridgehead atoms. The van der Waals surface area contributed by atoms with Gasteiger partial charge in [-0.05, 0) is 42.7 Å². The number of carbonyl (C=O) groups excluding carboxylic acids is 1. The van der Waals surface area contributed by atoms with Gasteiger partial charge in [0.05, 0.1) is 13.7 Å². The van der Waals surface area contributed by atoms with Crippen molar-refractivity contribution < 1.29 is 13.9 Å². The molecule has 2 N–H and O–H groups in total. The summed E-state index contributed by atoms with van der Waals surface area (Å²) in [6.45, 7) is 1.43. The fourth-order valence-electron chi connectivity index (χ4n) is 3.31. The highest BCUT2D eigenvalue weighted by molar-refractivity contribution is 5.93. The smallest absolute Gasteiger partial charge is 0.263 e. The van der Waals surface area contributed by atoms with E-state index in [-0.39, 0.29) is 17.9 Å². The first-order chi connectivity index (χ1) is 16.1. The number of nitrogens with one attached hydrogen (secondary N) is 2. The summed E-state index contributed by atoms with van der Waals surface area (Å²) in [6, 6.07) is 10.9. The Morgan fingerprint density at radius 1 is 1.09 bits per heavy atom. The lowest BCUT2D eigenvalue weighted by molar-refractivity contribution is 0.0951. The van der Waals surface area contributed by atoms with Crippen molar-refractivity contribution in [3.05, 3.63) is 82.2 Å². The Morgan fingerprint density at radius 2 is 1.91 bits per heavy atom. The van der Waals surface area contributed by atoms with E-state index in [1.54, 1.807) is 43.8 Å². The normalized spacial score (nSPS) is 10.6. The van der Waals surface area contributed by atoms with Crippen LogP contribution >= 0.6 is 0 Å². The Labute approximate surface area is 191 Å². The molecule has 0 atom stereocenters. The second-order valence-corrected chi connectivity index (χ2v) is 7.50. The van der Waals surface area contributed by atoms with Gasteiger partial charge in [-0.15, -0.1) is 0 Å². The van der Waals surface area contributed by atoms with Crippen molar-refractivity contribution >= 4 is 11.9 Å². The van der Waals surface area contributed by atoms with E-state index in [2.05, 4.69) is 20.6 Å². The number of anilines is 1. The largest absolute Gasteiger partial charge is 0.481 e. The minimum Gasteiger partial charge on any atom is -0.481 e. The van der Waals surface area contributed by atoms with E-state index in [1.165, 1.54) is 22.8 Å². The number of unbranched alkanes of at least 4 members (excludes halogenated alkanes) is 3. The number of rotatable bonds is 12. The molecule has 0 aliphatic carbocycles. The minimum atomic E-state index is -0.398. The summed E-state index contributed by atoms with van der Waals surface area (Å²) in [5.74, 6) is 0.291. The number of methoxy groups -OCH3 is 1. The van der Waals surface area contributed by atoms with Crippen molar-refractivity contribution in [2.24, 2.45) is 0 Å². The van der Waals surface area contributed by atoms with E-state index in [0.717, 1.165) is 32.2 Å². The number of benzene rings is 1. The zero-order valence-electron chi connectivity index (χ0n) is 18.6. The Kier molecular flexibility index (Phi) is 8.93. The number of hydrogen-bond acceptors (Lipinski definition) is 6. The van der Waals surface area contributed by atoms with Crippen LogP contribution in [0.1, 0.15) is 41.6 Å². The Balaban J connectivity index is 1.37. The molecular weight excluding hydrogens is 425 g/mol. The highest BCUT2D eigenvalue weighted by Gasteiger charge is 2.12. The van der Waals surface area contributed by atoms with Crippen LogP contribution in [0.2, 0.25) is 0 Å². The number of pyridine rings is 1. The molecule has 0 unspecified atom stereocenters. The predicted octanol–water partition coefficient (Wildman–Crippen LogP) is 3.24. The van der Waals surface area contributed by atoms with Gasteiger partial charge in [-0.25, -0.2) is 9.37 Å². The second-order valence-electron chi connectivity index (χ2n) is 7.50. The number of amides is 1. The van der Waals surface area contributed by atoms with Gasteiger partial charge in [-0.2, -0.15) is 4.98 Å². The summed E-state index contributed by atoms with van der Waals surface area (Å²) in [7, 11) is 1.56. The van der Waals surface area contributed by atoms with Crippen molar-refractivity contribution in [2.45, 2.75) is 32.2 Å². The van der Waals surface area contributed by atoms with Crippen LogP contribution in [0.25, 0.3) is 0 Å². The van der Waals surface area contributed by atoms with Crippen LogP contribution in [0.3, 0.4) is 0 Å². The Hall–Kier alpha value is -3.75. The van der Waals surface area contributed by atoms with Crippen LogP contribution in [0, 0.1) is 5.82 Å². The minimum absolute atomic E-state index is 0.0800. The Morgan fingerprint density at radius 3 is 2.70 bits per heavy atom. The van der Waals surface area contributed by atoms with E-state index in [9.17, 15) is 14.0 Å². The molecule has 0 saturated carbocycles. The van der Waals surface area contributed by atoms with Crippen molar-refractivity contribution in [3.8, 4) is 5.88 Å². The van der Waals surface area contributed by atoms with Gasteiger partial charge in [0.2, 0.25) is 11.8 Å². The standard InChI is InChI=1S/C24H28FN5O3/c1-33-21-11-14-28-24(29-21)27-13-5-3-2-4-12-26-22(31)20-10-7-15-30(23(20)32)17-18-8-6-9-19(25)16-18/h6-11,14-16H,2-5,12-13,17H2,1H3,(H,26,31)(H,27,28,29). The van der Waals surface area contributed by atoms with Crippen molar-refractivity contribution in [3.63, 3.8) is 0 Å².